The molecule has 3 rings (SSSR count). The molecule has 5 nitrogen and oxygen atoms in total. The largest absolute Gasteiger partial charge is 0.350 e. The first-order valence-electron chi connectivity index (χ1n) is 8.15. The van der Waals surface area contributed by atoms with Gasteiger partial charge in [-0.25, -0.2) is 9.97 Å². The van der Waals surface area contributed by atoms with Gasteiger partial charge in [0.15, 0.2) is 0 Å². The lowest BCUT2D eigenvalue weighted by Crippen LogP contribution is -2.42. The summed E-state index contributed by atoms with van der Waals surface area (Å²) in [5.41, 5.74) is 1.86. The van der Waals surface area contributed by atoms with Crippen LogP contribution in [0.4, 0.5) is 5.95 Å². The van der Waals surface area contributed by atoms with Crippen LogP contribution in [0.5, 0.6) is 0 Å². The van der Waals surface area contributed by atoms with E-state index in [-0.39, 0.29) is 5.91 Å². The monoisotopic (exact) mass is 310 g/mol. The van der Waals surface area contributed by atoms with E-state index in [1.54, 1.807) is 18.5 Å². The number of benzene rings is 1. The van der Waals surface area contributed by atoms with Crippen LogP contribution in [0, 0.1) is 0 Å². The Labute approximate surface area is 136 Å². The lowest BCUT2D eigenvalue weighted by atomic mass is 10.0. The van der Waals surface area contributed by atoms with Crippen LogP contribution in [0.3, 0.4) is 0 Å². The molecule has 5 heteroatoms. The lowest BCUT2D eigenvalue weighted by Gasteiger charge is -2.33. The third kappa shape index (κ3) is 3.86. The van der Waals surface area contributed by atoms with Crippen LogP contribution in [0.15, 0.2) is 42.7 Å². The second-order valence-electron chi connectivity index (χ2n) is 5.97. The molecule has 2 aromatic rings. The number of hydrogen-bond acceptors (Lipinski definition) is 4. The van der Waals surface area contributed by atoms with Gasteiger partial charge in [0.25, 0.3) is 5.91 Å². The zero-order valence-corrected chi connectivity index (χ0v) is 13.4. The Hall–Kier alpha value is -2.43. The maximum atomic E-state index is 12.6. The standard InChI is InChI=1S/C18H22N4O/c1-14-5-2-3-12-22(14)17(23)16-8-6-15(7-9-16)13-21-18-19-10-4-11-20-18/h4,6-11,14H,2-3,5,12-13H2,1H3,(H,19,20,21)/t14-/m1/s1. The van der Waals surface area contributed by atoms with Gasteiger partial charge in [0.2, 0.25) is 5.95 Å². The Kier molecular flexibility index (Phi) is 4.86. The number of nitrogens with zero attached hydrogens (tertiary/aromatic N) is 3. The molecule has 0 spiro atoms. The van der Waals surface area contributed by atoms with Gasteiger partial charge in [-0.15, -0.1) is 0 Å². The van der Waals surface area contributed by atoms with Crippen LogP contribution >= 0.6 is 0 Å². The van der Waals surface area contributed by atoms with Crippen molar-refractivity contribution in [1.29, 1.82) is 0 Å². The molecule has 2 heterocycles. The van der Waals surface area contributed by atoms with E-state index in [1.165, 1.54) is 6.42 Å². The summed E-state index contributed by atoms with van der Waals surface area (Å²) < 4.78 is 0. The first-order chi connectivity index (χ1) is 11.2. The van der Waals surface area contributed by atoms with Crippen molar-refractivity contribution in [2.45, 2.75) is 38.8 Å². The molecule has 1 aromatic heterocycles. The maximum Gasteiger partial charge on any atom is 0.254 e. The lowest BCUT2D eigenvalue weighted by molar-refractivity contribution is 0.0635. The van der Waals surface area contributed by atoms with Gasteiger partial charge in [-0.05, 0) is 49.9 Å². The zero-order chi connectivity index (χ0) is 16.1. The molecule has 1 amide bonds. The minimum Gasteiger partial charge on any atom is -0.350 e. The van der Waals surface area contributed by atoms with Crippen LogP contribution in [0.25, 0.3) is 0 Å². The zero-order valence-electron chi connectivity index (χ0n) is 13.4. The van der Waals surface area contributed by atoms with Crippen LogP contribution in [0.1, 0.15) is 42.1 Å². The van der Waals surface area contributed by atoms with E-state index in [0.717, 1.165) is 30.5 Å². The summed E-state index contributed by atoms with van der Waals surface area (Å²) in [7, 11) is 0. The number of rotatable bonds is 4. The quantitative estimate of drug-likeness (QED) is 0.942. The van der Waals surface area contributed by atoms with Gasteiger partial charge < -0.3 is 10.2 Å². The second-order valence-corrected chi connectivity index (χ2v) is 5.97. The molecule has 1 aliphatic heterocycles. The molecule has 120 valence electrons. The van der Waals surface area contributed by atoms with Gasteiger partial charge in [-0.3, -0.25) is 4.79 Å². The highest BCUT2D eigenvalue weighted by atomic mass is 16.2. The smallest absolute Gasteiger partial charge is 0.254 e. The highest BCUT2D eigenvalue weighted by molar-refractivity contribution is 5.94. The van der Waals surface area contributed by atoms with Crippen LogP contribution in [0.2, 0.25) is 0 Å². The number of anilines is 1. The first kappa shape index (κ1) is 15.5. The Bertz CT molecular complexity index is 642. The Morgan fingerprint density at radius 2 is 1.96 bits per heavy atom. The van der Waals surface area contributed by atoms with E-state index in [4.69, 9.17) is 0 Å². The van der Waals surface area contributed by atoms with Crippen molar-refractivity contribution in [3.63, 3.8) is 0 Å². The minimum atomic E-state index is 0.142. The van der Waals surface area contributed by atoms with Gasteiger partial charge in [-0.2, -0.15) is 0 Å². The van der Waals surface area contributed by atoms with Gasteiger partial charge in [0.1, 0.15) is 0 Å². The number of hydrogen-bond donors (Lipinski definition) is 1. The normalized spacial score (nSPS) is 17.8. The molecule has 1 saturated heterocycles. The number of likely N-dealkylation sites (tertiary alicyclic amines) is 1. The first-order valence-corrected chi connectivity index (χ1v) is 8.15. The summed E-state index contributed by atoms with van der Waals surface area (Å²) in [5.74, 6) is 0.748. The van der Waals surface area contributed by atoms with Gasteiger partial charge in [0.05, 0.1) is 0 Å². The molecule has 0 bridgehead atoms. The molecule has 0 saturated carbocycles. The Balaban J connectivity index is 1.61. The third-order valence-corrected chi connectivity index (χ3v) is 4.28. The summed E-state index contributed by atoms with van der Waals surface area (Å²) in [6, 6.07) is 9.91. The van der Waals surface area contributed by atoms with Crippen molar-refractivity contribution in [3.05, 3.63) is 53.9 Å². The number of amides is 1. The Morgan fingerprint density at radius 1 is 1.22 bits per heavy atom. The average molecular weight is 310 g/mol. The van der Waals surface area contributed by atoms with Crippen LogP contribution in [-0.4, -0.2) is 33.4 Å². The molecule has 1 aromatic carbocycles. The van der Waals surface area contributed by atoms with Crippen molar-refractivity contribution in [2.75, 3.05) is 11.9 Å². The van der Waals surface area contributed by atoms with E-state index in [1.807, 2.05) is 29.2 Å². The molecule has 0 unspecified atom stereocenters. The van der Waals surface area contributed by atoms with E-state index < -0.39 is 0 Å². The molecule has 1 atom stereocenters. The fourth-order valence-corrected chi connectivity index (χ4v) is 2.90. The van der Waals surface area contributed by atoms with E-state index >= 15 is 0 Å². The van der Waals surface area contributed by atoms with Gasteiger partial charge in [-0.1, -0.05) is 12.1 Å². The molecule has 1 fully saturated rings. The third-order valence-electron chi connectivity index (χ3n) is 4.28. The predicted octanol–water partition coefficient (Wildman–Crippen LogP) is 3.10. The number of nitrogens with one attached hydrogen (secondary N) is 1. The molecule has 0 radical (unpaired) electrons. The SMILES string of the molecule is C[C@@H]1CCCCN1C(=O)c1ccc(CNc2ncccn2)cc1. The number of aromatic nitrogens is 2. The fourth-order valence-electron chi connectivity index (χ4n) is 2.90. The summed E-state index contributed by atoms with van der Waals surface area (Å²) >= 11 is 0. The fraction of sp³-hybridized carbons (Fsp3) is 0.389. The topological polar surface area (TPSA) is 58.1 Å². The maximum absolute atomic E-state index is 12.6. The minimum absolute atomic E-state index is 0.142. The summed E-state index contributed by atoms with van der Waals surface area (Å²) in [6.45, 7) is 3.64. The van der Waals surface area contributed by atoms with Gasteiger partial charge in [0, 0.05) is 37.1 Å². The predicted molar refractivity (Wildman–Crippen MR) is 90.2 cm³/mol. The average Bonchev–Trinajstić information content (AvgIpc) is 2.61. The molecule has 1 N–H and O–H groups in total. The van der Waals surface area contributed by atoms with Crippen LogP contribution < -0.4 is 5.32 Å². The molecule has 23 heavy (non-hydrogen) atoms. The molecular formula is C18H22N4O. The van der Waals surface area contributed by atoms with Crippen molar-refractivity contribution in [2.24, 2.45) is 0 Å². The summed E-state index contributed by atoms with van der Waals surface area (Å²) in [4.78, 5) is 22.8. The van der Waals surface area contributed by atoms with Crippen molar-refractivity contribution in [3.8, 4) is 0 Å². The summed E-state index contributed by atoms with van der Waals surface area (Å²) in [5, 5.41) is 3.16. The van der Waals surface area contributed by atoms with Crippen molar-refractivity contribution >= 4 is 11.9 Å². The Morgan fingerprint density at radius 3 is 2.65 bits per heavy atom. The summed E-state index contributed by atoms with van der Waals surface area (Å²) in [6.07, 6.45) is 6.84. The number of carbonyl (C=O) groups excluding carboxylic acids is 1. The second kappa shape index (κ2) is 7.22. The van der Waals surface area contributed by atoms with Crippen LogP contribution in [-0.2, 0) is 6.54 Å². The molecule has 1 aliphatic rings. The molecule has 0 aliphatic carbocycles. The highest BCUT2D eigenvalue weighted by Gasteiger charge is 2.23. The van der Waals surface area contributed by atoms with Crippen molar-refractivity contribution < 1.29 is 4.79 Å². The highest BCUT2D eigenvalue weighted by Crippen LogP contribution is 2.19. The van der Waals surface area contributed by atoms with E-state index in [9.17, 15) is 4.79 Å². The van der Waals surface area contributed by atoms with E-state index in [0.29, 0.717) is 18.5 Å². The molecular weight excluding hydrogens is 288 g/mol. The number of piperidine rings is 1. The van der Waals surface area contributed by atoms with E-state index in [2.05, 4.69) is 22.2 Å². The van der Waals surface area contributed by atoms with Crippen molar-refractivity contribution in [1.82, 2.24) is 14.9 Å². The van der Waals surface area contributed by atoms with Gasteiger partial charge >= 0.3 is 0 Å². The number of carbonyl (C=O) groups is 1.